The Balaban J connectivity index is 1.79. The first-order chi connectivity index (χ1) is 10.5. The fourth-order valence-electron chi connectivity index (χ4n) is 3.53. The molecule has 2 rings (SSSR count). The van der Waals surface area contributed by atoms with E-state index in [1.165, 1.54) is 12.8 Å². The monoisotopic (exact) mass is 326 g/mol. The molecule has 2 fully saturated rings. The van der Waals surface area contributed by atoms with Crippen molar-refractivity contribution in [1.29, 1.82) is 0 Å². The summed E-state index contributed by atoms with van der Waals surface area (Å²) < 4.78 is 0. The van der Waals surface area contributed by atoms with Crippen LogP contribution in [0, 0.1) is 11.8 Å². The summed E-state index contributed by atoms with van der Waals surface area (Å²) in [7, 11) is 0. The summed E-state index contributed by atoms with van der Waals surface area (Å²) >= 11 is 1.98. The highest BCUT2D eigenvalue weighted by molar-refractivity contribution is 7.99. The van der Waals surface area contributed by atoms with Gasteiger partial charge in [-0.25, -0.2) is 0 Å². The van der Waals surface area contributed by atoms with Gasteiger partial charge >= 0.3 is 0 Å². The van der Waals surface area contributed by atoms with E-state index in [9.17, 15) is 9.59 Å². The lowest BCUT2D eigenvalue weighted by Gasteiger charge is -2.33. The molecule has 0 bridgehead atoms. The number of nitrogens with one attached hydrogen (secondary N) is 1. The molecule has 0 aromatic heterocycles. The third kappa shape index (κ3) is 4.40. The molecule has 1 saturated heterocycles. The van der Waals surface area contributed by atoms with Crippen LogP contribution in [0.1, 0.15) is 52.9 Å². The lowest BCUT2D eigenvalue weighted by Crippen LogP contribution is -2.47. The Labute approximate surface area is 138 Å². The molecule has 4 nitrogen and oxygen atoms in total. The molecule has 1 aliphatic heterocycles. The Kier molecular flexibility index (Phi) is 6.60. The summed E-state index contributed by atoms with van der Waals surface area (Å²) in [6.07, 6.45) is 5.19. The zero-order valence-corrected chi connectivity index (χ0v) is 15.0. The molecule has 2 unspecified atom stereocenters. The number of thioether (sulfide) groups is 1. The molecule has 2 amide bonds. The van der Waals surface area contributed by atoms with E-state index in [0.717, 1.165) is 38.1 Å². The minimum absolute atomic E-state index is 0.0516. The van der Waals surface area contributed by atoms with Crippen molar-refractivity contribution in [3.63, 3.8) is 0 Å². The summed E-state index contributed by atoms with van der Waals surface area (Å²) in [4.78, 5) is 26.4. The summed E-state index contributed by atoms with van der Waals surface area (Å²) in [5.41, 5.74) is 0. The summed E-state index contributed by atoms with van der Waals surface area (Å²) in [6.45, 7) is 7.52. The third-order valence-electron chi connectivity index (χ3n) is 4.83. The molecule has 1 N–H and O–H groups in total. The van der Waals surface area contributed by atoms with E-state index in [-0.39, 0.29) is 23.7 Å². The average Bonchev–Trinajstić information content (AvgIpc) is 2.94. The van der Waals surface area contributed by atoms with E-state index >= 15 is 0 Å². The molecule has 0 aromatic carbocycles. The zero-order chi connectivity index (χ0) is 16.1. The van der Waals surface area contributed by atoms with Gasteiger partial charge in [0.1, 0.15) is 0 Å². The average molecular weight is 327 g/mol. The molecular weight excluding hydrogens is 296 g/mol. The minimum Gasteiger partial charge on any atom is -0.352 e. The zero-order valence-electron chi connectivity index (χ0n) is 14.1. The van der Waals surface area contributed by atoms with Crippen molar-refractivity contribution in [1.82, 2.24) is 10.2 Å². The number of hydrogen-bond donors (Lipinski definition) is 1. The van der Waals surface area contributed by atoms with Crippen molar-refractivity contribution in [2.45, 2.75) is 64.2 Å². The topological polar surface area (TPSA) is 49.4 Å². The standard InChI is InChI=1S/C17H30N2O2S/c1-4-22-15-7-5-6-14(15)18-16(20)13-8-10-19(11-9-13)17(21)12(2)3/h12-15H,4-11H2,1-3H3,(H,18,20). The minimum atomic E-state index is 0.0516. The van der Waals surface area contributed by atoms with Gasteiger partial charge in [-0.2, -0.15) is 11.8 Å². The Morgan fingerprint density at radius 1 is 1.18 bits per heavy atom. The Morgan fingerprint density at radius 3 is 2.45 bits per heavy atom. The van der Waals surface area contributed by atoms with Crippen LogP contribution < -0.4 is 5.32 Å². The van der Waals surface area contributed by atoms with Gasteiger partial charge in [0.2, 0.25) is 11.8 Å². The van der Waals surface area contributed by atoms with Crippen molar-refractivity contribution in [3.8, 4) is 0 Å². The molecule has 22 heavy (non-hydrogen) atoms. The van der Waals surface area contributed by atoms with E-state index in [2.05, 4.69) is 12.2 Å². The normalized spacial score (nSPS) is 26.5. The maximum Gasteiger partial charge on any atom is 0.225 e. The van der Waals surface area contributed by atoms with Gasteiger partial charge in [0.25, 0.3) is 0 Å². The highest BCUT2D eigenvalue weighted by Crippen LogP contribution is 2.30. The molecule has 1 heterocycles. The number of rotatable bonds is 5. The van der Waals surface area contributed by atoms with Gasteiger partial charge in [-0.3, -0.25) is 9.59 Å². The molecule has 2 atom stereocenters. The second kappa shape index (κ2) is 8.23. The van der Waals surface area contributed by atoms with Crippen LogP contribution >= 0.6 is 11.8 Å². The van der Waals surface area contributed by atoms with Crippen molar-refractivity contribution in [3.05, 3.63) is 0 Å². The number of carbonyl (C=O) groups excluding carboxylic acids is 2. The van der Waals surface area contributed by atoms with Crippen LogP contribution in [-0.4, -0.2) is 46.8 Å². The molecule has 5 heteroatoms. The van der Waals surface area contributed by atoms with Crippen LogP contribution in [-0.2, 0) is 9.59 Å². The van der Waals surface area contributed by atoms with E-state index < -0.39 is 0 Å². The fraction of sp³-hybridized carbons (Fsp3) is 0.882. The summed E-state index contributed by atoms with van der Waals surface area (Å²) in [5.74, 6) is 1.69. The van der Waals surface area contributed by atoms with Crippen LogP contribution in [0.25, 0.3) is 0 Å². The molecule has 2 aliphatic rings. The highest BCUT2D eigenvalue weighted by atomic mass is 32.2. The van der Waals surface area contributed by atoms with Crippen molar-refractivity contribution < 1.29 is 9.59 Å². The number of amides is 2. The third-order valence-corrected chi connectivity index (χ3v) is 6.16. The molecule has 1 saturated carbocycles. The van der Waals surface area contributed by atoms with E-state index in [1.807, 2.05) is 30.5 Å². The fourth-order valence-corrected chi connectivity index (χ4v) is 4.73. The summed E-state index contributed by atoms with van der Waals surface area (Å²) in [5, 5.41) is 3.88. The van der Waals surface area contributed by atoms with Gasteiger partial charge in [0.15, 0.2) is 0 Å². The molecule has 126 valence electrons. The first kappa shape index (κ1) is 17.6. The van der Waals surface area contributed by atoms with Gasteiger partial charge in [-0.15, -0.1) is 0 Å². The molecule has 0 radical (unpaired) electrons. The number of nitrogens with zero attached hydrogens (tertiary/aromatic N) is 1. The van der Waals surface area contributed by atoms with Gasteiger partial charge in [0, 0.05) is 36.2 Å². The second-order valence-electron chi connectivity index (χ2n) is 6.79. The van der Waals surface area contributed by atoms with Crippen molar-refractivity contribution in [2.75, 3.05) is 18.8 Å². The van der Waals surface area contributed by atoms with Crippen LogP contribution in [0.3, 0.4) is 0 Å². The van der Waals surface area contributed by atoms with Crippen LogP contribution in [0.15, 0.2) is 0 Å². The smallest absolute Gasteiger partial charge is 0.225 e. The number of hydrogen-bond acceptors (Lipinski definition) is 3. The quantitative estimate of drug-likeness (QED) is 0.845. The Hall–Kier alpha value is -0.710. The maximum atomic E-state index is 12.5. The summed E-state index contributed by atoms with van der Waals surface area (Å²) in [6, 6.07) is 0.354. The predicted octanol–water partition coefficient (Wildman–Crippen LogP) is 2.67. The van der Waals surface area contributed by atoms with Gasteiger partial charge in [0.05, 0.1) is 0 Å². The first-order valence-corrected chi connectivity index (χ1v) is 9.78. The van der Waals surface area contributed by atoms with Crippen molar-refractivity contribution in [2.24, 2.45) is 11.8 Å². The molecule has 1 aliphatic carbocycles. The molecule has 0 spiro atoms. The largest absolute Gasteiger partial charge is 0.352 e. The van der Waals surface area contributed by atoms with Crippen molar-refractivity contribution >= 4 is 23.6 Å². The first-order valence-electron chi connectivity index (χ1n) is 8.73. The SMILES string of the molecule is CCSC1CCCC1NC(=O)C1CCN(C(=O)C(C)C)CC1. The predicted molar refractivity (Wildman–Crippen MR) is 91.8 cm³/mol. The van der Waals surface area contributed by atoms with E-state index in [0.29, 0.717) is 11.3 Å². The van der Waals surface area contributed by atoms with Gasteiger partial charge in [-0.05, 0) is 31.4 Å². The highest BCUT2D eigenvalue weighted by Gasteiger charge is 2.32. The molecular formula is C17H30N2O2S. The number of likely N-dealkylation sites (tertiary alicyclic amines) is 1. The number of carbonyl (C=O) groups is 2. The van der Waals surface area contributed by atoms with E-state index in [4.69, 9.17) is 0 Å². The van der Waals surface area contributed by atoms with E-state index in [1.54, 1.807) is 0 Å². The second-order valence-corrected chi connectivity index (χ2v) is 8.31. The van der Waals surface area contributed by atoms with Crippen LogP contribution in [0.5, 0.6) is 0 Å². The van der Waals surface area contributed by atoms with Crippen LogP contribution in [0.4, 0.5) is 0 Å². The maximum absolute atomic E-state index is 12.5. The van der Waals surface area contributed by atoms with Crippen LogP contribution in [0.2, 0.25) is 0 Å². The van der Waals surface area contributed by atoms with Gasteiger partial charge < -0.3 is 10.2 Å². The number of piperidine rings is 1. The van der Waals surface area contributed by atoms with Gasteiger partial charge in [-0.1, -0.05) is 27.2 Å². The Morgan fingerprint density at radius 2 is 1.86 bits per heavy atom. The lowest BCUT2D eigenvalue weighted by molar-refractivity contribution is -0.138. The lowest BCUT2D eigenvalue weighted by atomic mass is 9.94. The molecule has 0 aromatic rings. The Bertz CT molecular complexity index is 392.